The van der Waals surface area contributed by atoms with Crippen LogP contribution in [0.3, 0.4) is 0 Å². The van der Waals surface area contributed by atoms with Gasteiger partial charge >= 0.3 is 11.9 Å². The van der Waals surface area contributed by atoms with Crippen LogP contribution in [0.15, 0.2) is 0 Å². The van der Waals surface area contributed by atoms with Crippen molar-refractivity contribution in [3.8, 4) is 0 Å². The molecular formula is C18H30O4. The molecule has 4 nitrogen and oxygen atoms in total. The highest BCUT2D eigenvalue weighted by atomic mass is 16.6. The quantitative estimate of drug-likeness (QED) is 0.739. The van der Waals surface area contributed by atoms with Gasteiger partial charge in [0.05, 0.1) is 5.41 Å². The zero-order valence-corrected chi connectivity index (χ0v) is 14.4. The molecule has 0 radical (unpaired) electrons. The summed E-state index contributed by atoms with van der Waals surface area (Å²) in [6, 6.07) is 0. The van der Waals surface area contributed by atoms with Gasteiger partial charge in [0, 0.05) is 0 Å². The Morgan fingerprint density at radius 1 is 1.27 bits per heavy atom. The normalized spacial score (nSPS) is 33.2. The minimum atomic E-state index is -0.725. The lowest BCUT2D eigenvalue weighted by Gasteiger charge is -2.38. The van der Waals surface area contributed by atoms with Gasteiger partial charge in [-0.05, 0) is 71.1 Å². The predicted octanol–water partition coefficient (Wildman–Crippen LogP) is 4.01. The van der Waals surface area contributed by atoms with Gasteiger partial charge in [0.15, 0.2) is 6.10 Å². The number of esters is 2. The van der Waals surface area contributed by atoms with E-state index in [1.54, 1.807) is 0 Å². The fraction of sp³-hybridized carbons (Fsp3) is 0.889. The van der Waals surface area contributed by atoms with Gasteiger partial charge in [-0.3, -0.25) is 4.79 Å². The minimum Gasteiger partial charge on any atom is -0.456 e. The number of hydrogen-bond acceptors (Lipinski definition) is 4. The first-order valence-corrected chi connectivity index (χ1v) is 8.72. The molecule has 2 rings (SSSR count). The van der Waals surface area contributed by atoms with Gasteiger partial charge in [0.25, 0.3) is 0 Å². The van der Waals surface area contributed by atoms with Gasteiger partial charge < -0.3 is 9.47 Å². The van der Waals surface area contributed by atoms with Crippen molar-refractivity contribution in [3.05, 3.63) is 0 Å². The molecule has 2 fully saturated rings. The number of rotatable bonds is 3. The van der Waals surface area contributed by atoms with Crippen LogP contribution in [0.25, 0.3) is 0 Å². The van der Waals surface area contributed by atoms with Gasteiger partial charge in [-0.15, -0.1) is 0 Å². The maximum absolute atomic E-state index is 12.4. The number of ether oxygens (including phenoxy) is 2. The highest BCUT2D eigenvalue weighted by molar-refractivity contribution is 5.82. The summed E-state index contributed by atoms with van der Waals surface area (Å²) in [5, 5.41) is 0. The number of hydrogen-bond donors (Lipinski definition) is 0. The fourth-order valence-electron chi connectivity index (χ4n) is 3.24. The zero-order valence-electron chi connectivity index (χ0n) is 14.4. The monoisotopic (exact) mass is 310 g/mol. The third-order valence-electron chi connectivity index (χ3n) is 5.55. The van der Waals surface area contributed by atoms with E-state index in [-0.39, 0.29) is 17.5 Å². The molecule has 2 aliphatic rings. The van der Waals surface area contributed by atoms with Crippen LogP contribution in [-0.2, 0) is 19.1 Å². The molecule has 1 atom stereocenters. The van der Waals surface area contributed by atoms with Crippen LogP contribution < -0.4 is 0 Å². The van der Waals surface area contributed by atoms with Crippen molar-refractivity contribution in [2.24, 2.45) is 11.3 Å². The molecule has 1 heterocycles. The fourth-order valence-corrected chi connectivity index (χ4v) is 3.24. The first-order chi connectivity index (χ1) is 10.3. The van der Waals surface area contributed by atoms with E-state index in [2.05, 4.69) is 6.92 Å². The van der Waals surface area contributed by atoms with Crippen molar-refractivity contribution in [2.75, 3.05) is 0 Å². The van der Waals surface area contributed by atoms with Crippen molar-refractivity contribution in [1.82, 2.24) is 0 Å². The predicted molar refractivity (Wildman–Crippen MR) is 84.3 cm³/mol. The van der Waals surface area contributed by atoms with Crippen LogP contribution in [0.1, 0.15) is 79.1 Å². The van der Waals surface area contributed by atoms with Crippen LogP contribution in [0.4, 0.5) is 0 Å². The lowest BCUT2D eigenvalue weighted by molar-refractivity contribution is -0.183. The third kappa shape index (κ3) is 3.82. The highest BCUT2D eigenvalue weighted by Gasteiger charge is 2.43. The van der Waals surface area contributed by atoms with Crippen molar-refractivity contribution in [3.63, 3.8) is 0 Å². The van der Waals surface area contributed by atoms with E-state index in [9.17, 15) is 9.59 Å². The summed E-state index contributed by atoms with van der Waals surface area (Å²) in [7, 11) is 0. The molecule has 0 aromatic heterocycles. The molecule has 0 bridgehead atoms. The highest BCUT2D eigenvalue weighted by Crippen LogP contribution is 2.40. The molecule has 1 aliphatic carbocycles. The Morgan fingerprint density at radius 3 is 2.50 bits per heavy atom. The Kier molecular flexibility index (Phi) is 5.18. The van der Waals surface area contributed by atoms with Crippen LogP contribution in [0.2, 0.25) is 0 Å². The van der Waals surface area contributed by atoms with Crippen LogP contribution >= 0.6 is 0 Å². The van der Waals surface area contributed by atoms with E-state index in [1.165, 1.54) is 0 Å². The van der Waals surface area contributed by atoms with Crippen LogP contribution in [0, 0.1) is 11.3 Å². The number of carbonyl (C=O) groups excluding carboxylic acids is 2. The largest absolute Gasteiger partial charge is 0.456 e. The van der Waals surface area contributed by atoms with E-state index in [4.69, 9.17) is 9.47 Å². The summed E-state index contributed by atoms with van der Waals surface area (Å²) in [6.45, 7) is 7.90. The van der Waals surface area contributed by atoms with Crippen molar-refractivity contribution in [1.29, 1.82) is 0 Å². The summed E-state index contributed by atoms with van der Waals surface area (Å²) in [5.74, 6) is 0.0732. The second-order valence-corrected chi connectivity index (χ2v) is 7.81. The van der Waals surface area contributed by atoms with Crippen molar-refractivity contribution in [2.45, 2.75) is 90.8 Å². The second-order valence-electron chi connectivity index (χ2n) is 7.81. The molecule has 0 N–H and O–H groups in total. The molecule has 126 valence electrons. The summed E-state index contributed by atoms with van der Waals surface area (Å²) in [5.41, 5.74) is -0.852. The van der Waals surface area contributed by atoms with Crippen molar-refractivity contribution < 1.29 is 19.1 Å². The lowest BCUT2D eigenvalue weighted by atomic mass is 9.77. The summed E-state index contributed by atoms with van der Waals surface area (Å²) in [4.78, 5) is 24.6. The zero-order chi connectivity index (χ0) is 16.4. The number of carbonyl (C=O) groups is 2. The topological polar surface area (TPSA) is 52.6 Å². The molecule has 0 amide bonds. The third-order valence-corrected chi connectivity index (χ3v) is 5.55. The molecular weight excluding hydrogens is 280 g/mol. The summed E-state index contributed by atoms with van der Waals surface area (Å²) < 4.78 is 11.3. The van der Waals surface area contributed by atoms with Gasteiger partial charge in [-0.25, -0.2) is 4.79 Å². The molecule has 1 aliphatic heterocycles. The van der Waals surface area contributed by atoms with E-state index in [0.29, 0.717) is 18.8 Å². The maximum atomic E-state index is 12.4. The van der Waals surface area contributed by atoms with Gasteiger partial charge in [0.1, 0.15) is 5.60 Å². The SMILES string of the molecule is CCC(C)(C)C(=O)OC1CCCC2(CCC(C)CC2)OC1=O. The Hall–Kier alpha value is -1.06. The van der Waals surface area contributed by atoms with E-state index in [1.807, 2.05) is 20.8 Å². The van der Waals surface area contributed by atoms with Crippen molar-refractivity contribution >= 4 is 11.9 Å². The standard InChI is InChI=1S/C18H30O4/c1-5-17(3,4)16(20)21-14-7-6-10-18(22-15(14)19)11-8-13(2)9-12-18/h13-14H,5-12H2,1-4H3. The molecule has 22 heavy (non-hydrogen) atoms. The van der Waals surface area contributed by atoms with E-state index < -0.39 is 11.5 Å². The van der Waals surface area contributed by atoms with Gasteiger partial charge in [-0.1, -0.05) is 13.8 Å². The Labute approximate surface area is 133 Å². The van der Waals surface area contributed by atoms with Gasteiger partial charge in [-0.2, -0.15) is 0 Å². The van der Waals surface area contributed by atoms with Crippen LogP contribution in [0.5, 0.6) is 0 Å². The second kappa shape index (κ2) is 6.59. The first kappa shape index (κ1) is 17.3. The Morgan fingerprint density at radius 2 is 1.91 bits per heavy atom. The molecule has 1 spiro atoms. The Bertz CT molecular complexity index is 419. The molecule has 0 aromatic carbocycles. The molecule has 1 unspecified atom stereocenters. The minimum absolute atomic E-state index is 0.301. The summed E-state index contributed by atoms with van der Waals surface area (Å²) in [6.07, 6.45) is 6.44. The molecule has 0 aromatic rings. The van der Waals surface area contributed by atoms with E-state index >= 15 is 0 Å². The first-order valence-electron chi connectivity index (χ1n) is 8.72. The molecule has 1 saturated heterocycles. The smallest absolute Gasteiger partial charge is 0.347 e. The van der Waals surface area contributed by atoms with E-state index in [0.717, 1.165) is 38.5 Å². The maximum Gasteiger partial charge on any atom is 0.347 e. The molecule has 1 saturated carbocycles. The lowest BCUT2D eigenvalue weighted by Crippen LogP contribution is -2.41. The summed E-state index contributed by atoms with van der Waals surface area (Å²) >= 11 is 0. The average molecular weight is 310 g/mol. The molecule has 4 heteroatoms. The van der Waals surface area contributed by atoms with Crippen LogP contribution in [-0.4, -0.2) is 23.6 Å². The Balaban J connectivity index is 1.99. The average Bonchev–Trinajstić information content (AvgIpc) is 2.62. The van der Waals surface area contributed by atoms with Gasteiger partial charge in [0.2, 0.25) is 0 Å².